The number of ether oxygens (including phenoxy) is 1. The normalized spacial score (nSPS) is 11.2. The van der Waals surface area contributed by atoms with Crippen LogP contribution in [-0.4, -0.2) is 15.5 Å². The lowest BCUT2D eigenvalue weighted by Crippen LogP contribution is -2.13. The third-order valence-corrected chi connectivity index (χ3v) is 5.02. The van der Waals surface area contributed by atoms with E-state index in [9.17, 15) is 8.42 Å². The van der Waals surface area contributed by atoms with Gasteiger partial charge in [-0.15, -0.1) is 0 Å². The van der Waals surface area contributed by atoms with E-state index in [2.05, 4.69) is 27.3 Å². The minimum Gasteiger partial charge on any atom is -0.496 e. The van der Waals surface area contributed by atoms with Crippen LogP contribution in [0.2, 0.25) is 0 Å². The van der Waals surface area contributed by atoms with Gasteiger partial charge in [0.25, 0.3) is 10.0 Å². The van der Waals surface area contributed by atoms with Crippen LogP contribution in [-0.2, 0) is 10.0 Å². The summed E-state index contributed by atoms with van der Waals surface area (Å²) in [7, 11) is -2.02. The summed E-state index contributed by atoms with van der Waals surface area (Å²) in [6.07, 6.45) is 0. The first kappa shape index (κ1) is 15.1. The Morgan fingerprint density at radius 2 is 1.75 bits per heavy atom. The highest BCUT2D eigenvalue weighted by atomic mass is 127. The zero-order chi connectivity index (χ0) is 14.8. The molecule has 106 valence electrons. The van der Waals surface area contributed by atoms with E-state index in [1.165, 1.54) is 0 Å². The largest absolute Gasteiger partial charge is 0.496 e. The van der Waals surface area contributed by atoms with E-state index in [0.717, 1.165) is 9.13 Å². The number of aryl methyl sites for hydroxylation is 1. The predicted octanol–water partition coefficient (Wildman–Crippen LogP) is 3.41. The van der Waals surface area contributed by atoms with E-state index in [4.69, 9.17) is 4.74 Å². The molecule has 4 nitrogen and oxygen atoms in total. The van der Waals surface area contributed by atoms with Gasteiger partial charge >= 0.3 is 0 Å². The lowest BCUT2D eigenvalue weighted by atomic mass is 10.2. The van der Waals surface area contributed by atoms with Crippen molar-refractivity contribution in [2.45, 2.75) is 11.8 Å². The van der Waals surface area contributed by atoms with E-state index >= 15 is 0 Å². The molecule has 0 heterocycles. The number of methoxy groups -OCH3 is 1. The van der Waals surface area contributed by atoms with Crippen LogP contribution in [0, 0.1) is 10.5 Å². The van der Waals surface area contributed by atoms with Crippen molar-refractivity contribution >= 4 is 38.3 Å². The first-order chi connectivity index (χ1) is 9.42. The molecule has 0 spiro atoms. The van der Waals surface area contributed by atoms with Crippen LogP contribution >= 0.6 is 22.6 Å². The topological polar surface area (TPSA) is 55.4 Å². The first-order valence-corrected chi connectivity index (χ1v) is 8.41. The van der Waals surface area contributed by atoms with Gasteiger partial charge in [-0.05, 0) is 53.8 Å². The molecule has 0 saturated carbocycles. The average Bonchev–Trinajstić information content (AvgIpc) is 2.41. The predicted molar refractivity (Wildman–Crippen MR) is 87.7 cm³/mol. The second-order valence-electron chi connectivity index (χ2n) is 4.27. The Labute approximate surface area is 132 Å². The molecule has 0 atom stereocenters. The van der Waals surface area contributed by atoms with Gasteiger partial charge in [0.15, 0.2) is 0 Å². The summed E-state index contributed by atoms with van der Waals surface area (Å²) in [5.74, 6) is 0.634. The molecule has 0 fully saturated rings. The van der Waals surface area contributed by atoms with Crippen molar-refractivity contribution < 1.29 is 13.2 Å². The van der Waals surface area contributed by atoms with E-state index < -0.39 is 10.0 Å². The maximum Gasteiger partial charge on any atom is 0.261 e. The Bertz CT molecular complexity index is 712. The number of hydrogen-bond acceptors (Lipinski definition) is 3. The first-order valence-electron chi connectivity index (χ1n) is 5.85. The monoisotopic (exact) mass is 403 g/mol. The Morgan fingerprint density at radius 1 is 1.10 bits per heavy atom. The lowest BCUT2D eigenvalue weighted by Gasteiger charge is -2.10. The quantitative estimate of drug-likeness (QED) is 0.797. The molecule has 6 heteroatoms. The van der Waals surface area contributed by atoms with E-state index in [1.807, 2.05) is 6.92 Å². The fraction of sp³-hybridized carbons (Fsp3) is 0.143. The SMILES string of the molecule is COc1cc(NS(=O)(=O)c2ccc(C)cc2)ccc1I. The number of sulfonamides is 1. The third kappa shape index (κ3) is 3.43. The van der Waals surface area contributed by atoms with Crippen molar-refractivity contribution in [1.82, 2.24) is 0 Å². The summed E-state index contributed by atoms with van der Waals surface area (Å²) in [4.78, 5) is 0.237. The number of rotatable bonds is 4. The molecule has 0 aliphatic carbocycles. The minimum absolute atomic E-state index is 0.237. The van der Waals surface area contributed by atoms with E-state index in [0.29, 0.717) is 11.4 Å². The number of halogens is 1. The zero-order valence-electron chi connectivity index (χ0n) is 11.1. The van der Waals surface area contributed by atoms with Crippen molar-refractivity contribution in [3.05, 3.63) is 51.6 Å². The molecular formula is C14H14INO3S. The van der Waals surface area contributed by atoms with Gasteiger partial charge in [0.2, 0.25) is 0 Å². The summed E-state index contributed by atoms with van der Waals surface area (Å²) in [6, 6.07) is 11.9. The van der Waals surface area contributed by atoms with Gasteiger partial charge in [0, 0.05) is 6.07 Å². The highest BCUT2D eigenvalue weighted by molar-refractivity contribution is 14.1. The second kappa shape index (κ2) is 6.01. The molecule has 0 radical (unpaired) electrons. The second-order valence-corrected chi connectivity index (χ2v) is 7.11. The molecule has 2 aromatic rings. The van der Waals surface area contributed by atoms with Crippen molar-refractivity contribution in [2.24, 2.45) is 0 Å². The minimum atomic E-state index is -3.58. The lowest BCUT2D eigenvalue weighted by molar-refractivity contribution is 0.412. The zero-order valence-corrected chi connectivity index (χ0v) is 14.0. The molecule has 0 aliphatic heterocycles. The maximum absolute atomic E-state index is 12.2. The smallest absolute Gasteiger partial charge is 0.261 e. The van der Waals surface area contributed by atoms with Gasteiger partial charge < -0.3 is 4.74 Å². The van der Waals surface area contributed by atoms with E-state index in [1.54, 1.807) is 49.6 Å². The van der Waals surface area contributed by atoms with Crippen molar-refractivity contribution in [3.8, 4) is 5.75 Å². The highest BCUT2D eigenvalue weighted by Crippen LogP contribution is 2.26. The Morgan fingerprint density at radius 3 is 2.35 bits per heavy atom. The molecule has 0 aliphatic rings. The molecule has 2 aromatic carbocycles. The molecule has 0 bridgehead atoms. The van der Waals surface area contributed by atoms with Crippen LogP contribution in [0.25, 0.3) is 0 Å². The highest BCUT2D eigenvalue weighted by Gasteiger charge is 2.14. The van der Waals surface area contributed by atoms with Crippen molar-refractivity contribution in [2.75, 3.05) is 11.8 Å². The van der Waals surface area contributed by atoms with Gasteiger partial charge in [-0.25, -0.2) is 8.42 Å². The molecule has 2 rings (SSSR count). The fourth-order valence-electron chi connectivity index (χ4n) is 1.65. The molecule has 0 unspecified atom stereocenters. The Kier molecular flexibility index (Phi) is 4.54. The summed E-state index contributed by atoms with van der Waals surface area (Å²) in [5.41, 5.74) is 1.49. The summed E-state index contributed by atoms with van der Waals surface area (Å²) < 4.78 is 33.1. The van der Waals surface area contributed by atoms with Crippen LogP contribution < -0.4 is 9.46 Å². The molecule has 0 amide bonds. The summed E-state index contributed by atoms with van der Waals surface area (Å²) in [5, 5.41) is 0. The van der Waals surface area contributed by atoms with Crippen LogP contribution in [0.1, 0.15) is 5.56 Å². The van der Waals surface area contributed by atoms with Crippen LogP contribution in [0.5, 0.6) is 5.75 Å². The van der Waals surface area contributed by atoms with Gasteiger partial charge in [0.1, 0.15) is 5.75 Å². The van der Waals surface area contributed by atoms with Crippen LogP contribution in [0.4, 0.5) is 5.69 Å². The Balaban J connectivity index is 2.30. The van der Waals surface area contributed by atoms with Crippen LogP contribution in [0.3, 0.4) is 0 Å². The van der Waals surface area contributed by atoms with Crippen LogP contribution in [0.15, 0.2) is 47.4 Å². The summed E-state index contributed by atoms with van der Waals surface area (Å²) >= 11 is 2.13. The number of anilines is 1. The molecule has 20 heavy (non-hydrogen) atoms. The average molecular weight is 403 g/mol. The summed E-state index contributed by atoms with van der Waals surface area (Å²) in [6.45, 7) is 1.91. The Hall–Kier alpha value is -1.28. The fourth-order valence-corrected chi connectivity index (χ4v) is 3.26. The van der Waals surface area contributed by atoms with Gasteiger partial charge in [-0.1, -0.05) is 17.7 Å². The van der Waals surface area contributed by atoms with Gasteiger partial charge in [-0.2, -0.15) is 0 Å². The molecule has 0 saturated heterocycles. The standard InChI is InChI=1S/C14H14INO3S/c1-10-3-6-12(7-4-10)20(17,18)16-11-5-8-13(15)14(9-11)19-2/h3-9,16H,1-2H3. The van der Waals surface area contributed by atoms with Crippen molar-refractivity contribution in [1.29, 1.82) is 0 Å². The van der Waals surface area contributed by atoms with Gasteiger partial charge in [0.05, 0.1) is 21.3 Å². The molecule has 0 aromatic heterocycles. The molecule has 1 N–H and O–H groups in total. The number of benzene rings is 2. The third-order valence-electron chi connectivity index (χ3n) is 2.73. The van der Waals surface area contributed by atoms with Gasteiger partial charge in [-0.3, -0.25) is 4.72 Å². The molecular weight excluding hydrogens is 389 g/mol. The number of hydrogen-bond donors (Lipinski definition) is 1. The van der Waals surface area contributed by atoms with E-state index in [-0.39, 0.29) is 4.90 Å². The number of nitrogens with one attached hydrogen (secondary N) is 1. The maximum atomic E-state index is 12.2. The van der Waals surface area contributed by atoms with Crippen molar-refractivity contribution in [3.63, 3.8) is 0 Å².